The van der Waals surface area contributed by atoms with Crippen molar-refractivity contribution in [1.29, 1.82) is 0 Å². The number of urea groups is 1. The summed E-state index contributed by atoms with van der Waals surface area (Å²) in [6, 6.07) is 13.1. The Kier molecular flexibility index (Phi) is 4.29. The van der Waals surface area contributed by atoms with Gasteiger partial charge in [-0.2, -0.15) is 5.10 Å². The van der Waals surface area contributed by atoms with E-state index in [0.29, 0.717) is 18.1 Å². The number of benzene rings is 2. The van der Waals surface area contributed by atoms with Crippen molar-refractivity contribution < 1.29 is 9.90 Å². The van der Waals surface area contributed by atoms with E-state index in [2.05, 4.69) is 17.3 Å². The number of halogens is 1. The monoisotopic (exact) mass is 410 g/mol. The molecule has 0 saturated carbocycles. The number of nitrogens with zero attached hydrogens (tertiary/aromatic N) is 3. The van der Waals surface area contributed by atoms with Crippen LogP contribution in [0.25, 0.3) is 10.9 Å². The van der Waals surface area contributed by atoms with Crippen LogP contribution in [0, 0.1) is 5.92 Å². The van der Waals surface area contributed by atoms with Gasteiger partial charge in [-0.05, 0) is 49.9 Å². The molecule has 2 aliphatic heterocycles. The highest BCUT2D eigenvalue weighted by Crippen LogP contribution is 2.51. The number of rotatable bonds is 2. The summed E-state index contributed by atoms with van der Waals surface area (Å²) in [5, 5.41) is 20.3. The number of nitrogens with one attached hydrogen (secondary N) is 1. The molecule has 2 amide bonds. The first-order valence-corrected chi connectivity index (χ1v) is 10.3. The second kappa shape index (κ2) is 6.75. The molecule has 1 fully saturated rings. The lowest BCUT2D eigenvalue weighted by Crippen LogP contribution is -2.49. The molecular formula is C22H23ClN4O2. The number of likely N-dealkylation sites (tertiary alicyclic amines) is 1. The molecule has 1 saturated heterocycles. The first-order chi connectivity index (χ1) is 14.0. The van der Waals surface area contributed by atoms with Crippen LogP contribution in [-0.4, -0.2) is 38.9 Å². The summed E-state index contributed by atoms with van der Waals surface area (Å²) in [6.07, 6.45) is 2.76. The van der Waals surface area contributed by atoms with Gasteiger partial charge < -0.3 is 15.3 Å². The van der Waals surface area contributed by atoms with Crippen molar-refractivity contribution in [3.63, 3.8) is 0 Å². The third-order valence-electron chi connectivity index (χ3n) is 6.60. The van der Waals surface area contributed by atoms with Crippen LogP contribution >= 0.6 is 11.6 Å². The first kappa shape index (κ1) is 18.5. The van der Waals surface area contributed by atoms with E-state index in [1.54, 1.807) is 0 Å². The summed E-state index contributed by atoms with van der Waals surface area (Å²) >= 11 is 6.25. The van der Waals surface area contributed by atoms with Gasteiger partial charge in [0.25, 0.3) is 0 Å². The van der Waals surface area contributed by atoms with Crippen LogP contribution in [0.1, 0.15) is 31.4 Å². The minimum Gasteiger partial charge on any atom is -0.386 e. The standard InChI is InChI=1S/C22H23ClN4O2/c1-22(20(28)18-12-16(23)11-14-13-24-27(22)19(14)18)15-7-9-26(10-8-15)21(29)25-17-5-3-2-4-6-17/h2-6,11-13,15,20,28H,7-10H2,1H3,(H,25,29)/t20-,22?/m0/s1. The molecule has 0 aliphatic carbocycles. The van der Waals surface area contributed by atoms with Crippen LogP contribution in [-0.2, 0) is 5.54 Å². The van der Waals surface area contributed by atoms with Crippen LogP contribution in [0.3, 0.4) is 0 Å². The number of piperidine rings is 1. The van der Waals surface area contributed by atoms with Gasteiger partial charge >= 0.3 is 6.03 Å². The van der Waals surface area contributed by atoms with Crippen LogP contribution in [0.2, 0.25) is 5.02 Å². The molecule has 2 aliphatic rings. The molecular weight excluding hydrogens is 388 g/mol. The number of amides is 2. The molecule has 2 aromatic carbocycles. The van der Waals surface area contributed by atoms with Crippen molar-refractivity contribution >= 4 is 34.2 Å². The number of hydrogen-bond donors (Lipinski definition) is 2. The highest BCUT2D eigenvalue weighted by molar-refractivity contribution is 6.31. The fraction of sp³-hybridized carbons (Fsp3) is 0.364. The normalized spacial score (nSPS) is 24.2. The predicted octanol–water partition coefficient (Wildman–Crippen LogP) is 4.40. The molecule has 0 spiro atoms. The molecule has 3 heterocycles. The highest BCUT2D eigenvalue weighted by atomic mass is 35.5. The molecule has 150 valence electrons. The number of carbonyl (C=O) groups excluding carboxylic acids is 1. The fourth-order valence-electron chi connectivity index (χ4n) is 4.95. The van der Waals surface area contributed by atoms with E-state index in [9.17, 15) is 9.90 Å². The summed E-state index contributed by atoms with van der Waals surface area (Å²) in [6.45, 7) is 3.36. The van der Waals surface area contributed by atoms with Gasteiger partial charge in [-0.25, -0.2) is 4.79 Å². The van der Waals surface area contributed by atoms with Crippen LogP contribution in [0.5, 0.6) is 0 Å². The lowest BCUT2D eigenvalue weighted by molar-refractivity contribution is -0.0111. The topological polar surface area (TPSA) is 70.4 Å². The van der Waals surface area contributed by atoms with Gasteiger partial charge in [-0.1, -0.05) is 29.8 Å². The predicted molar refractivity (Wildman–Crippen MR) is 113 cm³/mol. The molecule has 5 rings (SSSR count). The van der Waals surface area contributed by atoms with E-state index in [4.69, 9.17) is 11.6 Å². The van der Waals surface area contributed by atoms with Crippen molar-refractivity contribution in [2.75, 3.05) is 18.4 Å². The van der Waals surface area contributed by atoms with Crippen molar-refractivity contribution in [2.24, 2.45) is 5.92 Å². The Morgan fingerprint density at radius 3 is 2.69 bits per heavy atom. The van der Waals surface area contributed by atoms with Crippen molar-refractivity contribution in [3.8, 4) is 0 Å². The highest BCUT2D eigenvalue weighted by Gasteiger charge is 2.50. The Hall–Kier alpha value is -2.57. The summed E-state index contributed by atoms with van der Waals surface area (Å²) in [5.74, 6) is 0.201. The van der Waals surface area contributed by atoms with Gasteiger partial charge in [0.05, 0.1) is 17.3 Å². The van der Waals surface area contributed by atoms with E-state index < -0.39 is 11.6 Å². The SMILES string of the molecule is CC1(C2CCN(C(=O)Nc3ccccc3)CC2)[C@@H](O)c2cc(Cl)cc3cnn1c23. The Morgan fingerprint density at radius 1 is 1.24 bits per heavy atom. The largest absolute Gasteiger partial charge is 0.386 e. The van der Waals surface area contributed by atoms with Crippen molar-refractivity contribution in [2.45, 2.75) is 31.4 Å². The van der Waals surface area contributed by atoms with Gasteiger partial charge in [0.2, 0.25) is 0 Å². The molecule has 29 heavy (non-hydrogen) atoms. The maximum Gasteiger partial charge on any atom is 0.321 e. The molecule has 7 heteroatoms. The van der Waals surface area contributed by atoms with E-state index in [1.165, 1.54) is 0 Å². The van der Waals surface area contributed by atoms with E-state index in [1.807, 2.05) is 58.2 Å². The average molecular weight is 411 g/mol. The minimum absolute atomic E-state index is 0.0803. The van der Waals surface area contributed by atoms with Crippen molar-refractivity contribution in [1.82, 2.24) is 14.7 Å². The Morgan fingerprint density at radius 2 is 1.97 bits per heavy atom. The summed E-state index contributed by atoms with van der Waals surface area (Å²) in [7, 11) is 0. The number of aliphatic hydroxyl groups is 1. The maximum atomic E-state index is 12.6. The van der Waals surface area contributed by atoms with Gasteiger partial charge in [0.15, 0.2) is 0 Å². The number of anilines is 1. The zero-order valence-corrected chi connectivity index (χ0v) is 16.9. The molecule has 2 atom stereocenters. The second-order valence-electron chi connectivity index (χ2n) is 8.18. The molecule has 3 aromatic rings. The van der Waals surface area contributed by atoms with Gasteiger partial charge in [0, 0.05) is 34.7 Å². The van der Waals surface area contributed by atoms with E-state index >= 15 is 0 Å². The number of para-hydroxylation sites is 1. The Bertz CT molecular complexity index is 1080. The number of carbonyl (C=O) groups is 1. The maximum absolute atomic E-state index is 12.6. The molecule has 2 N–H and O–H groups in total. The molecule has 1 aromatic heterocycles. The third-order valence-corrected chi connectivity index (χ3v) is 6.81. The lowest BCUT2D eigenvalue weighted by atomic mass is 9.75. The minimum atomic E-state index is -0.665. The zero-order chi connectivity index (χ0) is 20.2. The van der Waals surface area contributed by atoms with Crippen LogP contribution in [0.15, 0.2) is 48.7 Å². The lowest BCUT2D eigenvalue weighted by Gasteiger charge is -2.42. The fourth-order valence-corrected chi connectivity index (χ4v) is 5.19. The van der Waals surface area contributed by atoms with Crippen molar-refractivity contribution in [3.05, 3.63) is 59.2 Å². The number of aromatic nitrogens is 2. The summed E-state index contributed by atoms with van der Waals surface area (Å²) in [5.41, 5.74) is 2.06. The number of hydrogen-bond acceptors (Lipinski definition) is 3. The van der Waals surface area contributed by atoms with E-state index in [0.717, 1.165) is 35.0 Å². The zero-order valence-electron chi connectivity index (χ0n) is 16.2. The molecule has 1 unspecified atom stereocenters. The summed E-state index contributed by atoms with van der Waals surface area (Å²) in [4.78, 5) is 14.4. The first-order valence-electron chi connectivity index (χ1n) is 9.95. The second-order valence-corrected chi connectivity index (χ2v) is 8.61. The van der Waals surface area contributed by atoms with Crippen LogP contribution in [0.4, 0.5) is 10.5 Å². The van der Waals surface area contributed by atoms with Crippen LogP contribution < -0.4 is 5.32 Å². The molecule has 0 radical (unpaired) electrons. The summed E-state index contributed by atoms with van der Waals surface area (Å²) < 4.78 is 1.98. The Balaban J connectivity index is 1.34. The number of aliphatic hydroxyl groups excluding tert-OH is 1. The van der Waals surface area contributed by atoms with Gasteiger partial charge in [-0.3, -0.25) is 4.68 Å². The molecule has 6 nitrogen and oxygen atoms in total. The average Bonchev–Trinajstić information content (AvgIpc) is 3.25. The van der Waals surface area contributed by atoms with Gasteiger partial charge in [0.1, 0.15) is 6.10 Å². The quantitative estimate of drug-likeness (QED) is 0.658. The Labute approximate surface area is 174 Å². The van der Waals surface area contributed by atoms with E-state index in [-0.39, 0.29) is 11.9 Å². The smallest absolute Gasteiger partial charge is 0.321 e. The van der Waals surface area contributed by atoms with Gasteiger partial charge in [-0.15, -0.1) is 0 Å². The third kappa shape index (κ3) is 2.81. The molecule has 0 bridgehead atoms.